The van der Waals surface area contributed by atoms with E-state index < -0.39 is 0 Å². The molecule has 0 atom stereocenters. The molecule has 0 bridgehead atoms. The molecule has 23 heavy (non-hydrogen) atoms. The van der Waals surface area contributed by atoms with Gasteiger partial charge in [0.05, 0.1) is 7.11 Å². The van der Waals surface area contributed by atoms with Gasteiger partial charge in [-0.25, -0.2) is 4.37 Å². The predicted octanol–water partition coefficient (Wildman–Crippen LogP) is 3.38. The summed E-state index contributed by atoms with van der Waals surface area (Å²) in [5, 5.41) is 4.22. The molecule has 2 N–H and O–H groups in total. The molecule has 0 radical (unpaired) electrons. The van der Waals surface area contributed by atoms with Gasteiger partial charge in [0, 0.05) is 34.9 Å². The highest BCUT2D eigenvalue weighted by molar-refractivity contribution is 7.08. The van der Waals surface area contributed by atoms with E-state index in [4.69, 9.17) is 4.74 Å². The van der Waals surface area contributed by atoms with E-state index in [1.54, 1.807) is 19.4 Å². The second-order valence-corrected chi connectivity index (χ2v) is 6.95. The van der Waals surface area contributed by atoms with Crippen molar-refractivity contribution in [3.63, 3.8) is 0 Å². The summed E-state index contributed by atoms with van der Waals surface area (Å²) in [6.45, 7) is 4.04. The number of rotatable bonds is 5. The van der Waals surface area contributed by atoms with Crippen LogP contribution in [-0.4, -0.2) is 27.9 Å². The summed E-state index contributed by atoms with van der Waals surface area (Å²) in [7, 11) is 1.66. The third-order valence-corrected chi connectivity index (χ3v) is 4.47. The van der Waals surface area contributed by atoms with Gasteiger partial charge in [0.2, 0.25) is 0 Å². The molecule has 0 saturated carbocycles. The van der Waals surface area contributed by atoms with Crippen LogP contribution in [0.15, 0.2) is 36.7 Å². The number of benzene rings is 1. The lowest BCUT2D eigenvalue weighted by molar-refractivity contribution is 0.0917. The van der Waals surface area contributed by atoms with Gasteiger partial charge >= 0.3 is 0 Å². The van der Waals surface area contributed by atoms with Crippen LogP contribution in [-0.2, 0) is 6.42 Å². The molecule has 2 heterocycles. The number of carbonyl (C=O) groups is 1. The van der Waals surface area contributed by atoms with Crippen molar-refractivity contribution in [1.29, 1.82) is 0 Å². The second-order valence-electron chi connectivity index (χ2n) is 6.12. The Morgan fingerprint density at radius 3 is 2.91 bits per heavy atom. The topological polar surface area (TPSA) is 67.0 Å². The minimum atomic E-state index is -0.365. The fraction of sp³-hybridized carbons (Fsp3) is 0.294. The maximum absolute atomic E-state index is 12.2. The molecule has 1 aromatic carbocycles. The Labute approximate surface area is 138 Å². The molecule has 6 heteroatoms. The fourth-order valence-corrected chi connectivity index (χ4v) is 3.15. The molecular formula is C17H19N3O2S. The molecule has 0 aliphatic rings. The van der Waals surface area contributed by atoms with E-state index in [1.165, 1.54) is 11.5 Å². The van der Waals surface area contributed by atoms with Gasteiger partial charge in [0.1, 0.15) is 10.6 Å². The van der Waals surface area contributed by atoms with Gasteiger partial charge in [-0.1, -0.05) is 0 Å². The summed E-state index contributed by atoms with van der Waals surface area (Å²) >= 11 is 1.20. The minimum absolute atomic E-state index is 0.0842. The lowest BCUT2D eigenvalue weighted by atomic mass is 9.94. The highest BCUT2D eigenvalue weighted by Crippen LogP contribution is 2.26. The van der Waals surface area contributed by atoms with Crippen molar-refractivity contribution in [1.82, 2.24) is 14.7 Å². The summed E-state index contributed by atoms with van der Waals surface area (Å²) in [6, 6.07) is 7.69. The van der Waals surface area contributed by atoms with Crippen LogP contribution in [0.3, 0.4) is 0 Å². The molecule has 0 aliphatic carbocycles. The largest absolute Gasteiger partial charge is 0.497 e. The number of H-pyrrole nitrogens is 1. The van der Waals surface area contributed by atoms with Crippen molar-refractivity contribution >= 4 is 28.3 Å². The van der Waals surface area contributed by atoms with Crippen molar-refractivity contribution in [3.05, 3.63) is 47.1 Å². The zero-order chi connectivity index (χ0) is 16.4. The SMILES string of the molecule is COc1ccc2c(CC(C)(C)NC(=O)c3ccns3)c[nH]c2c1. The first-order valence-electron chi connectivity index (χ1n) is 7.36. The van der Waals surface area contributed by atoms with Gasteiger partial charge in [0.25, 0.3) is 5.91 Å². The minimum Gasteiger partial charge on any atom is -0.497 e. The number of nitrogens with one attached hydrogen (secondary N) is 2. The van der Waals surface area contributed by atoms with Gasteiger partial charge < -0.3 is 15.0 Å². The number of ether oxygens (including phenoxy) is 1. The van der Waals surface area contributed by atoms with Gasteiger partial charge in [0.15, 0.2) is 0 Å². The van der Waals surface area contributed by atoms with Crippen LogP contribution in [0.5, 0.6) is 5.75 Å². The van der Waals surface area contributed by atoms with E-state index in [-0.39, 0.29) is 11.4 Å². The number of nitrogens with zero attached hydrogens (tertiary/aromatic N) is 1. The Hall–Kier alpha value is -2.34. The van der Waals surface area contributed by atoms with E-state index in [0.717, 1.165) is 28.6 Å². The smallest absolute Gasteiger partial charge is 0.263 e. The lowest BCUT2D eigenvalue weighted by Crippen LogP contribution is -2.44. The number of hydrogen-bond acceptors (Lipinski definition) is 4. The monoisotopic (exact) mass is 329 g/mol. The van der Waals surface area contributed by atoms with E-state index in [2.05, 4.69) is 14.7 Å². The van der Waals surface area contributed by atoms with Gasteiger partial charge in [-0.15, -0.1) is 0 Å². The van der Waals surface area contributed by atoms with Crippen LogP contribution < -0.4 is 10.1 Å². The third kappa shape index (κ3) is 3.37. The van der Waals surface area contributed by atoms with E-state index in [0.29, 0.717) is 4.88 Å². The molecule has 1 amide bonds. The Balaban J connectivity index is 1.78. The summed E-state index contributed by atoms with van der Waals surface area (Å²) < 4.78 is 9.21. The van der Waals surface area contributed by atoms with Crippen molar-refractivity contribution in [2.24, 2.45) is 0 Å². The molecule has 5 nitrogen and oxygen atoms in total. The average Bonchev–Trinajstić information content (AvgIpc) is 3.16. The van der Waals surface area contributed by atoms with Crippen molar-refractivity contribution in [3.8, 4) is 5.75 Å². The van der Waals surface area contributed by atoms with Crippen LogP contribution in [0.25, 0.3) is 10.9 Å². The Morgan fingerprint density at radius 1 is 1.39 bits per heavy atom. The number of aromatic nitrogens is 2. The van der Waals surface area contributed by atoms with Gasteiger partial charge in [-0.3, -0.25) is 4.79 Å². The Morgan fingerprint density at radius 2 is 2.22 bits per heavy atom. The summed E-state index contributed by atoms with van der Waals surface area (Å²) in [5.74, 6) is 0.739. The molecule has 2 aromatic heterocycles. The third-order valence-electron chi connectivity index (χ3n) is 3.72. The van der Waals surface area contributed by atoms with Crippen molar-refractivity contribution in [2.75, 3.05) is 7.11 Å². The van der Waals surface area contributed by atoms with E-state index >= 15 is 0 Å². The average molecular weight is 329 g/mol. The lowest BCUT2D eigenvalue weighted by Gasteiger charge is -2.25. The van der Waals surface area contributed by atoms with Crippen molar-refractivity contribution in [2.45, 2.75) is 25.8 Å². The normalized spacial score (nSPS) is 11.6. The molecule has 0 spiro atoms. The fourth-order valence-electron chi connectivity index (χ4n) is 2.66. The standard InChI is InChI=1S/C17H19N3O2S/c1-17(2,20-16(21)15-6-7-19-23-15)9-11-10-18-14-8-12(22-3)4-5-13(11)14/h4-8,10,18H,9H2,1-3H3,(H,20,21). The number of fused-ring (bicyclic) bond motifs is 1. The molecule has 3 aromatic rings. The van der Waals surface area contributed by atoms with Crippen LogP contribution >= 0.6 is 11.5 Å². The predicted molar refractivity (Wildman–Crippen MR) is 92.2 cm³/mol. The molecule has 0 fully saturated rings. The zero-order valence-corrected chi connectivity index (χ0v) is 14.2. The highest BCUT2D eigenvalue weighted by Gasteiger charge is 2.23. The van der Waals surface area contributed by atoms with Gasteiger partial charge in [-0.2, -0.15) is 0 Å². The highest BCUT2D eigenvalue weighted by atomic mass is 32.1. The second kappa shape index (κ2) is 6.04. The number of methoxy groups -OCH3 is 1. The number of carbonyl (C=O) groups excluding carboxylic acids is 1. The molecule has 0 unspecified atom stereocenters. The Kier molecular flexibility index (Phi) is 4.09. The summed E-state index contributed by atoms with van der Waals surface area (Å²) in [6.07, 6.45) is 4.36. The van der Waals surface area contributed by atoms with E-state index in [9.17, 15) is 4.79 Å². The first-order chi connectivity index (χ1) is 11.0. The zero-order valence-electron chi connectivity index (χ0n) is 13.3. The molecular weight excluding hydrogens is 310 g/mol. The molecule has 120 valence electrons. The number of amides is 1. The quantitative estimate of drug-likeness (QED) is 0.754. The van der Waals surface area contributed by atoms with Crippen LogP contribution in [0.1, 0.15) is 29.1 Å². The first kappa shape index (κ1) is 15.6. The Bertz CT molecular complexity index is 822. The van der Waals surface area contributed by atoms with E-state index in [1.807, 2.05) is 38.2 Å². The van der Waals surface area contributed by atoms with Gasteiger partial charge in [-0.05, 0) is 55.6 Å². The number of aromatic amines is 1. The maximum atomic E-state index is 12.2. The van der Waals surface area contributed by atoms with Crippen LogP contribution in [0.2, 0.25) is 0 Å². The molecule has 0 saturated heterocycles. The van der Waals surface area contributed by atoms with Crippen LogP contribution in [0.4, 0.5) is 0 Å². The molecule has 3 rings (SSSR count). The summed E-state index contributed by atoms with van der Waals surface area (Å²) in [4.78, 5) is 16.1. The first-order valence-corrected chi connectivity index (χ1v) is 8.13. The van der Waals surface area contributed by atoms with Crippen LogP contribution in [0, 0.1) is 0 Å². The number of hydrogen-bond donors (Lipinski definition) is 2. The summed E-state index contributed by atoms with van der Waals surface area (Å²) in [5.41, 5.74) is 1.83. The molecule has 0 aliphatic heterocycles. The van der Waals surface area contributed by atoms with Crippen molar-refractivity contribution < 1.29 is 9.53 Å². The maximum Gasteiger partial charge on any atom is 0.263 e.